The first-order valence-corrected chi connectivity index (χ1v) is 6.43. The fraction of sp³-hybridized carbons (Fsp3) is 0.733. The summed E-state index contributed by atoms with van der Waals surface area (Å²) in [6.07, 6.45) is 6.41. The number of hydrogen-bond acceptors (Lipinski definition) is 2. The number of hydrogen-bond donors (Lipinski definition) is 0. The maximum atomic E-state index is 5.68. The highest BCUT2D eigenvalue weighted by molar-refractivity contribution is 5.04. The summed E-state index contributed by atoms with van der Waals surface area (Å²) in [6.45, 7) is 12.3. The summed E-state index contributed by atoms with van der Waals surface area (Å²) in [4.78, 5) is 0. The van der Waals surface area contributed by atoms with Crippen LogP contribution in [0.4, 0.5) is 0 Å². The molecule has 0 atom stereocenters. The van der Waals surface area contributed by atoms with Crippen molar-refractivity contribution >= 4 is 0 Å². The van der Waals surface area contributed by atoms with Gasteiger partial charge in [0.25, 0.3) is 0 Å². The normalized spacial score (nSPS) is 21.4. The number of rotatable bonds is 4. The Balaban J connectivity index is 2.34. The van der Waals surface area contributed by atoms with Crippen LogP contribution < -0.4 is 0 Å². The van der Waals surface area contributed by atoms with Gasteiger partial charge in [-0.1, -0.05) is 31.1 Å². The summed E-state index contributed by atoms with van der Waals surface area (Å²) in [5.41, 5.74) is 2.87. The van der Waals surface area contributed by atoms with E-state index in [0.717, 1.165) is 26.1 Å². The molecule has 0 spiro atoms. The molecule has 0 aromatic carbocycles. The van der Waals surface area contributed by atoms with Crippen LogP contribution in [-0.4, -0.2) is 19.5 Å². The molecule has 2 nitrogen and oxygen atoms in total. The number of ether oxygens (including phenoxy) is 2. The van der Waals surface area contributed by atoms with Gasteiger partial charge in [-0.15, -0.1) is 0 Å². The molecule has 1 fully saturated rings. The van der Waals surface area contributed by atoms with Gasteiger partial charge in [0, 0.05) is 5.41 Å². The highest BCUT2D eigenvalue weighted by atomic mass is 16.7. The van der Waals surface area contributed by atoms with E-state index in [-0.39, 0.29) is 11.7 Å². The largest absolute Gasteiger partial charge is 0.348 e. The Bertz CT molecular complexity index is 286. The van der Waals surface area contributed by atoms with Crippen LogP contribution in [0.25, 0.3) is 0 Å². The Morgan fingerprint density at radius 1 is 1.18 bits per heavy atom. The topological polar surface area (TPSA) is 18.5 Å². The van der Waals surface area contributed by atoms with Gasteiger partial charge in [0.2, 0.25) is 0 Å². The van der Waals surface area contributed by atoms with Gasteiger partial charge >= 0.3 is 0 Å². The molecule has 1 aliphatic rings. The van der Waals surface area contributed by atoms with Crippen LogP contribution in [0, 0.1) is 5.41 Å². The lowest BCUT2D eigenvalue weighted by molar-refractivity contribution is -0.197. The van der Waals surface area contributed by atoms with Crippen LogP contribution in [0.3, 0.4) is 0 Å². The predicted molar refractivity (Wildman–Crippen MR) is 71.9 cm³/mol. The van der Waals surface area contributed by atoms with Crippen LogP contribution in [0.2, 0.25) is 0 Å². The summed E-state index contributed by atoms with van der Waals surface area (Å²) in [6, 6.07) is 0. The average Bonchev–Trinajstić information content (AvgIpc) is 2.21. The zero-order valence-electron chi connectivity index (χ0n) is 11.9. The molecule has 1 rings (SSSR count). The van der Waals surface area contributed by atoms with Crippen molar-refractivity contribution in [2.24, 2.45) is 5.41 Å². The molecule has 0 aromatic rings. The summed E-state index contributed by atoms with van der Waals surface area (Å²) in [5, 5.41) is 0. The minimum Gasteiger partial charge on any atom is -0.348 e. The van der Waals surface area contributed by atoms with Gasteiger partial charge in [-0.25, -0.2) is 0 Å². The molecule has 98 valence electrons. The monoisotopic (exact) mass is 238 g/mol. The molecule has 1 aliphatic heterocycles. The minimum absolute atomic E-state index is 0.144. The van der Waals surface area contributed by atoms with E-state index in [1.54, 1.807) is 0 Å². The van der Waals surface area contributed by atoms with Crippen molar-refractivity contribution in [3.05, 3.63) is 23.3 Å². The Kier molecular flexibility index (Phi) is 5.41. The van der Waals surface area contributed by atoms with Crippen LogP contribution in [0.15, 0.2) is 23.3 Å². The third-order valence-corrected chi connectivity index (χ3v) is 2.79. The molecule has 0 unspecified atom stereocenters. The van der Waals surface area contributed by atoms with E-state index in [0.29, 0.717) is 0 Å². The molecule has 17 heavy (non-hydrogen) atoms. The molecule has 0 amide bonds. The SMILES string of the molecule is CC(C)=CCCC(C)=CC1OCC(C)(C)CO1. The summed E-state index contributed by atoms with van der Waals surface area (Å²) >= 11 is 0. The number of allylic oxidation sites excluding steroid dienone is 3. The van der Waals surface area contributed by atoms with Crippen molar-refractivity contribution in [1.29, 1.82) is 0 Å². The Labute approximate surface area is 106 Å². The highest BCUT2D eigenvalue weighted by Crippen LogP contribution is 2.24. The van der Waals surface area contributed by atoms with Gasteiger partial charge in [-0.2, -0.15) is 0 Å². The second-order valence-electron chi connectivity index (χ2n) is 5.99. The van der Waals surface area contributed by atoms with E-state index in [1.807, 2.05) is 0 Å². The van der Waals surface area contributed by atoms with E-state index in [1.165, 1.54) is 11.1 Å². The average molecular weight is 238 g/mol. The first kappa shape index (κ1) is 14.5. The second-order valence-corrected chi connectivity index (χ2v) is 5.99. The highest BCUT2D eigenvalue weighted by Gasteiger charge is 2.27. The molecule has 0 radical (unpaired) electrons. The first-order chi connectivity index (χ1) is 7.89. The van der Waals surface area contributed by atoms with Gasteiger partial charge in [0.05, 0.1) is 13.2 Å². The van der Waals surface area contributed by atoms with Gasteiger partial charge in [0.1, 0.15) is 0 Å². The van der Waals surface area contributed by atoms with Crippen molar-refractivity contribution in [1.82, 2.24) is 0 Å². The van der Waals surface area contributed by atoms with Crippen molar-refractivity contribution in [2.75, 3.05) is 13.2 Å². The zero-order chi connectivity index (χ0) is 12.9. The maximum Gasteiger partial charge on any atom is 0.177 e. The maximum absolute atomic E-state index is 5.68. The Morgan fingerprint density at radius 3 is 2.29 bits per heavy atom. The quantitative estimate of drug-likeness (QED) is 0.687. The van der Waals surface area contributed by atoms with Crippen molar-refractivity contribution in [3.8, 4) is 0 Å². The van der Waals surface area contributed by atoms with Crippen molar-refractivity contribution in [3.63, 3.8) is 0 Å². The van der Waals surface area contributed by atoms with Crippen molar-refractivity contribution in [2.45, 2.75) is 53.8 Å². The van der Waals surface area contributed by atoms with Gasteiger partial charge in [-0.3, -0.25) is 0 Å². The summed E-state index contributed by atoms with van der Waals surface area (Å²) in [5.74, 6) is 0. The first-order valence-electron chi connectivity index (χ1n) is 6.43. The molecule has 2 heteroatoms. The molecular formula is C15H26O2. The smallest absolute Gasteiger partial charge is 0.177 e. The molecule has 0 saturated carbocycles. The zero-order valence-corrected chi connectivity index (χ0v) is 11.9. The standard InChI is InChI=1S/C15H26O2/c1-12(2)7-6-8-13(3)9-14-16-10-15(4,5)11-17-14/h7,9,14H,6,8,10-11H2,1-5H3. The van der Waals surface area contributed by atoms with Crippen LogP contribution >= 0.6 is 0 Å². The Hall–Kier alpha value is -0.600. The lowest BCUT2D eigenvalue weighted by Crippen LogP contribution is -2.36. The van der Waals surface area contributed by atoms with E-state index >= 15 is 0 Å². The molecule has 0 aliphatic carbocycles. The fourth-order valence-corrected chi connectivity index (χ4v) is 1.71. The Morgan fingerprint density at radius 2 is 1.76 bits per heavy atom. The van der Waals surface area contributed by atoms with E-state index in [2.05, 4.69) is 46.8 Å². The molecular weight excluding hydrogens is 212 g/mol. The van der Waals surface area contributed by atoms with E-state index in [9.17, 15) is 0 Å². The third-order valence-electron chi connectivity index (χ3n) is 2.79. The van der Waals surface area contributed by atoms with Gasteiger partial charge in [0.15, 0.2) is 6.29 Å². The molecule has 0 N–H and O–H groups in total. The van der Waals surface area contributed by atoms with Crippen LogP contribution in [0.5, 0.6) is 0 Å². The lowest BCUT2D eigenvalue weighted by atomic mass is 9.95. The minimum atomic E-state index is -0.144. The molecule has 0 bridgehead atoms. The molecule has 0 aromatic heterocycles. The third kappa shape index (κ3) is 6.04. The molecule has 1 heterocycles. The van der Waals surface area contributed by atoms with Crippen LogP contribution in [-0.2, 0) is 9.47 Å². The summed E-state index contributed by atoms with van der Waals surface area (Å²) < 4.78 is 11.4. The van der Waals surface area contributed by atoms with E-state index in [4.69, 9.17) is 9.47 Å². The van der Waals surface area contributed by atoms with Crippen molar-refractivity contribution < 1.29 is 9.47 Å². The predicted octanol–water partition coefficient (Wildman–Crippen LogP) is 4.08. The fourth-order valence-electron chi connectivity index (χ4n) is 1.71. The van der Waals surface area contributed by atoms with Gasteiger partial charge in [-0.05, 0) is 39.7 Å². The summed E-state index contributed by atoms with van der Waals surface area (Å²) in [7, 11) is 0. The molecule has 1 saturated heterocycles. The second kappa shape index (κ2) is 6.36. The lowest BCUT2D eigenvalue weighted by Gasteiger charge is -2.33. The van der Waals surface area contributed by atoms with Crippen LogP contribution in [0.1, 0.15) is 47.5 Å². The van der Waals surface area contributed by atoms with E-state index < -0.39 is 0 Å². The van der Waals surface area contributed by atoms with Gasteiger partial charge < -0.3 is 9.47 Å².